The van der Waals surface area contributed by atoms with Crippen LogP contribution in [0.2, 0.25) is 5.02 Å². The Hall–Kier alpha value is -0.890. The van der Waals surface area contributed by atoms with Gasteiger partial charge in [-0.25, -0.2) is 0 Å². The number of rotatable bonds is 0. The van der Waals surface area contributed by atoms with Crippen molar-refractivity contribution in [2.24, 2.45) is 5.41 Å². The van der Waals surface area contributed by atoms with E-state index in [4.69, 9.17) is 16.3 Å². The molecule has 0 bridgehead atoms. The van der Waals surface area contributed by atoms with Gasteiger partial charge >= 0.3 is 0 Å². The third-order valence-corrected chi connectivity index (χ3v) is 4.32. The molecule has 92 valence electrons. The maximum Gasteiger partial charge on any atom is 0.161 e. The molecule has 2 nitrogen and oxygen atoms in total. The van der Waals surface area contributed by atoms with Crippen LogP contribution in [-0.2, 0) is 0 Å². The molecule has 1 aromatic rings. The Morgan fingerprint density at radius 2 is 2.24 bits per heavy atom. The number of fused-ring (bicyclic) bond motifs is 2. The Labute approximate surface area is 107 Å². The Bertz CT molecular complexity index is 444. The van der Waals surface area contributed by atoms with Gasteiger partial charge in [0, 0.05) is 5.41 Å². The van der Waals surface area contributed by atoms with Crippen LogP contribution in [0.5, 0.6) is 5.75 Å². The van der Waals surface area contributed by atoms with Crippen LogP contribution in [0.3, 0.4) is 0 Å². The maximum absolute atomic E-state index is 6.20. The lowest BCUT2D eigenvalue weighted by Crippen LogP contribution is -2.52. The molecule has 17 heavy (non-hydrogen) atoms. The van der Waals surface area contributed by atoms with Crippen molar-refractivity contribution in [3.8, 4) is 5.75 Å². The third kappa shape index (κ3) is 1.79. The van der Waals surface area contributed by atoms with Gasteiger partial charge in [0.2, 0.25) is 0 Å². The maximum atomic E-state index is 6.20. The summed E-state index contributed by atoms with van der Waals surface area (Å²) in [6.45, 7) is 4.57. The molecule has 0 spiro atoms. The fourth-order valence-corrected chi connectivity index (χ4v) is 3.29. The van der Waals surface area contributed by atoms with Crippen molar-refractivity contribution in [3.05, 3.63) is 23.2 Å². The summed E-state index contributed by atoms with van der Waals surface area (Å²) in [7, 11) is 0. The van der Waals surface area contributed by atoms with E-state index < -0.39 is 0 Å². The summed E-state index contributed by atoms with van der Waals surface area (Å²) in [5, 5.41) is 4.29. The average Bonchev–Trinajstić information content (AvgIpc) is 2.27. The second kappa shape index (κ2) is 3.81. The second-order valence-electron chi connectivity index (χ2n) is 5.79. The number of hydrogen-bond donors (Lipinski definition) is 1. The van der Waals surface area contributed by atoms with Crippen molar-refractivity contribution in [2.75, 3.05) is 5.32 Å². The molecule has 1 heterocycles. The van der Waals surface area contributed by atoms with Crippen LogP contribution in [0, 0.1) is 5.41 Å². The lowest BCUT2D eigenvalue weighted by molar-refractivity contribution is 0.0176. The van der Waals surface area contributed by atoms with Gasteiger partial charge in [0.05, 0.1) is 16.8 Å². The van der Waals surface area contributed by atoms with Crippen molar-refractivity contribution in [1.29, 1.82) is 0 Å². The molecule has 0 amide bonds. The summed E-state index contributed by atoms with van der Waals surface area (Å²) in [5.41, 5.74) is 1.25. The molecule has 3 rings (SSSR count). The predicted molar refractivity (Wildman–Crippen MR) is 70.9 cm³/mol. The summed E-state index contributed by atoms with van der Waals surface area (Å²) in [6, 6.07) is 6.31. The van der Waals surface area contributed by atoms with Gasteiger partial charge in [0.15, 0.2) is 5.75 Å². The molecule has 1 aliphatic heterocycles. The Morgan fingerprint density at radius 1 is 1.41 bits per heavy atom. The van der Waals surface area contributed by atoms with E-state index >= 15 is 0 Å². The predicted octanol–water partition coefficient (Wildman–Crippen LogP) is 4.09. The van der Waals surface area contributed by atoms with Crippen molar-refractivity contribution in [1.82, 2.24) is 0 Å². The van der Waals surface area contributed by atoms with Crippen LogP contribution >= 0.6 is 11.6 Å². The van der Waals surface area contributed by atoms with Gasteiger partial charge in [-0.15, -0.1) is 0 Å². The SMILES string of the molecule is CC1(C)CCCC2Nc3cccc(Cl)c3OC21. The molecule has 1 fully saturated rings. The lowest BCUT2D eigenvalue weighted by atomic mass is 9.72. The molecule has 2 atom stereocenters. The molecule has 1 aromatic carbocycles. The first-order chi connectivity index (χ1) is 8.08. The molecular formula is C14H18ClNO. The molecule has 3 heteroatoms. The molecule has 1 aliphatic carbocycles. The third-order valence-electron chi connectivity index (χ3n) is 4.02. The fourth-order valence-electron chi connectivity index (χ4n) is 3.07. The Balaban J connectivity index is 1.99. The molecule has 2 unspecified atom stereocenters. The van der Waals surface area contributed by atoms with Crippen molar-refractivity contribution < 1.29 is 4.74 Å². The number of hydrogen-bond acceptors (Lipinski definition) is 2. The number of halogens is 1. The zero-order chi connectivity index (χ0) is 12.0. The number of ether oxygens (including phenoxy) is 1. The summed E-state index contributed by atoms with van der Waals surface area (Å²) < 4.78 is 6.19. The highest BCUT2D eigenvalue weighted by Gasteiger charge is 2.43. The van der Waals surface area contributed by atoms with Crippen LogP contribution in [0.4, 0.5) is 5.69 Å². The van der Waals surface area contributed by atoms with Gasteiger partial charge in [0.1, 0.15) is 6.10 Å². The summed E-state index contributed by atoms with van der Waals surface area (Å²) in [6.07, 6.45) is 3.89. The highest BCUT2D eigenvalue weighted by atomic mass is 35.5. The Morgan fingerprint density at radius 3 is 3.06 bits per heavy atom. The van der Waals surface area contributed by atoms with Crippen molar-refractivity contribution in [3.63, 3.8) is 0 Å². The Kier molecular flexibility index (Phi) is 2.51. The second-order valence-corrected chi connectivity index (χ2v) is 6.19. The molecule has 1 saturated carbocycles. The van der Waals surface area contributed by atoms with Crippen LogP contribution in [0.25, 0.3) is 0 Å². The number of para-hydroxylation sites is 1. The van der Waals surface area contributed by atoms with Gasteiger partial charge in [-0.05, 0) is 25.0 Å². The minimum Gasteiger partial charge on any atom is -0.484 e. The van der Waals surface area contributed by atoms with E-state index in [1.165, 1.54) is 19.3 Å². The standard InChI is InChI=1S/C14H18ClNO/c1-14(2)8-4-7-11-13(14)17-12-9(15)5-3-6-10(12)16-11/h3,5-6,11,13,16H,4,7-8H2,1-2H3. The smallest absolute Gasteiger partial charge is 0.161 e. The monoisotopic (exact) mass is 251 g/mol. The first-order valence-electron chi connectivity index (χ1n) is 6.30. The fraction of sp³-hybridized carbons (Fsp3) is 0.571. The molecule has 2 aliphatic rings. The zero-order valence-electron chi connectivity index (χ0n) is 10.3. The van der Waals surface area contributed by atoms with Gasteiger partial charge in [0.25, 0.3) is 0 Å². The van der Waals surface area contributed by atoms with Crippen LogP contribution < -0.4 is 10.1 Å². The molecule has 0 saturated heterocycles. The summed E-state index contributed by atoms with van der Waals surface area (Å²) in [5.74, 6) is 0.824. The number of benzene rings is 1. The first-order valence-corrected chi connectivity index (χ1v) is 6.67. The van der Waals surface area contributed by atoms with Crippen LogP contribution in [0.15, 0.2) is 18.2 Å². The summed E-state index contributed by atoms with van der Waals surface area (Å²) >= 11 is 6.20. The van der Waals surface area contributed by atoms with Gasteiger partial charge in [-0.3, -0.25) is 0 Å². The topological polar surface area (TPSA) is 21.3 Å². The molecule has 0 radical (unpaired) electrons. The minimum atomic E-state index is 0.215. The van der Waals surface area contributed by atoms with E-state index in [0.717, 1.165) is 11.4 Å². The van der Waals surface area contributed by atoms with E-state index in [1.807, 2.05) is 18.2 Å². The van der Waals surface area contributed by atoms with Crippen LogP contribution in [-0.4, -0.2) is 12.1 Å². The minimum absolute atomic E-state index is 0.215. The van der Waals surface area contributed by atoms with Gasteiger partial charge < -0.3 is 10.1 Å². The van der Waals surface area contributed by atoms with E-state index in [2.05, 4.69) is 19.2 Å². The number of anilines is 1. The highest BCUT2D eigenvalue weighted by molar-refractivity contribution is 6.32. The largest absolute Gasteiger partial charge is 0.484 e. The molecular weight excluding hydrogens is 234 g/mol. The van der Waals surface area contributed by atoms with E-state index in [0.29, 0.717) is 11.1 Å². The molecule has 1 N–H and O–H groups in total. The molecule has 0 aromatic heterocycles. The van der Waals surface area contributed by atoms with Crippen LogP contribution in [0.1, 0.15) is 33.1 Å². The quantitative estimate of drug-likeness (QED) is 0.750. The van der Waals surface area contributed by atoms with E-state index in [-0.39, 0.29) is 11.5 Å². The zero-order valence-corrected chi connectivity index (χ0v) is 11.1. The van der Waals surface area contributed by atoms with Gasteiger partial charge in [-0.2, -0.15) is 0 Å². The normalized spacial score (nSPS) is 29.6. The lowest BCUT2D eigenvalue weighted by Gasteiger charge is -2.47. The highest BCUT2D eigenvalue weighted by Crippen LogP contribution is 2.46. The van der Waals surface area contributed by atoms with Gasteiger partial charge in [-0.1, -0.05) is 37.9 Å². The van der Waals surface area contributed by atoms with E-state index in [9.17, 15) is 0 Å². The van der Waals surface area contributed by atoms with E-state index in [1.54, 1.807) is 0 Å². The number of nitrogens with one attached hydrogen (secondary N) is 1. The average molecular weight is 252 g/mol. The summed E-state index contributed by atoms with van der Waals surface area (Å²) in [4.78, 5) is 0. The first kappa shape index (κ1) is 11.2. The van der Waals surface area contributed by atoms with Crippen molar-refractivity contribution in [2.45, 2.75) is 45.3 Å². The van der Waals surface area contributed by atoms with Crippen molar-refractivity contribution >= 4 is 17.3 Å².